The van der Waals surface area contributed by atoms with Gasteiger partial charge in [-0.3, -0.25) is 0 Å². The van der Waals surface area contributed by atoms with Gasteiger partial charge in [0.1, 0.15) is 5.82 Å². The highest BCUT2D eigenvalue weighted by atomic mass is 15.2. The second-order valence-electron chi connectivity index (χ2n) is 3.48. The molecule has 0 unspecified atom stereocenters. The van der Waals surface area contributed by atoms with E-state index in [1.54, 1.807) is 0 Å². The van der Waals surface area contributed by atoms with Crippen molar-refractivity contribution in [2.45, 2.75) is 33.6 Å². The van der Waals surface area contributed by atoms with Crippen LogP contribution in [0.15, 0.2) is 6.07 Å². The van der Waals surface area contributed by atoms with E-state index in [0.717, 1.165) is 18.1 Å². The molecule has 13 heavy (non-hydrogen) atoms. The van der Waals surface area contributed by atoms with Crippen molar-refractivity contribution >= 4 is 5.82 Å². The molecule has 0 aliphatic rings. The highest BCUT2D eigenvalue weighted by Crippen LogP contribution is 2.16. The first-order chi connectivity index (χ1) is 6.15. The Balaban J connectivity index is 2.92. The van der Waals surface area contributed by atoms with Crippen molar-refractivity contribution in [3.05, 3.63) is 17.3 Å². The molecule has 0 saturated heterocycles. The van der Waals surface area contributed by atoms with Crippen molar-refractivity contribution < 1.29 is 0 Å². The standard InChI is InChI=1S/C10H17N3/c1-5-11-9-6-8(4)10(7(2)3)13-12-9/h6-7H,5H2,1-4H3,(H,11,12). The van der Waals surface area contributed by atoms with E-state index in [0.29, 0.717) is 5.92 Å². The molecule has 0 bridgehead atoms. The van der Waals surface area contributed by atoms with E-state index in [1.807, 2.05) is 13.0 Å². The predicted molar refractivity (Wildman–Crippen MR) is 55.0 cm³/mol. The molecule has 0 saturated carbocycles. The van der Waals surface area contributed by atoms with Gasteiger partial charge in [-0.1, -0.05) is 13.8 Å². The molecule has 1 aromatic rings. The largest absolute Gasteiger partial charge is 0.369 e. The lowest BCUT2D eigenvalue weighted by Gasteiger charge is -2.08. The summed E-state index contributed by atoms with van der Waals surface area (Å²) in [6.07, 6.45) is 0. The van der Waals surface area contributed by atoms with Gasteiger partial charge in [0.2, 0.25) is 0 Å². The summed E-state index contributed by atoms with van der Waals surface area (Å²) in [5.41, 5.74) is 2.29. The lowest BCUT2D eigenvalue weighted by molar-refractivity contribution is 0.774. The molecule has 0 aliphatic carbocycles. The minimum Gasteiger partial charge on any atom is -0.369 e. The molecule has 1 aromatic heterocycles. The number of nitrogens with zero attached hydrogens (tertiary/aromatic N) is 2. The van der Waals surface area contributed by atoms with Crippen molar-refractivity contribution in [1.82, 2.24) is 10.2 Å². The van der Waals surface area contributed by atoms with Crippen molar-refractivity contribution in [2.24, 2.45) is 0 Å². The number of hydrogen-bond donors (Lipinski definition) is 1. The fraction of sp³-hybridized carbons (Fsp3) is 0.600. The van der Waals surface area contributed by atoms with Gasteiger partial charge in [-0.15, -0.1) is 5.10 Å². The summed E-state index contributed by atoms with van der Waals surface area (Å²) in [6, 6.07) is 2.05. The third-order valence-corrected chi connectivity index (χ3v) is 1.93. The van der Waals surface area contributed by atoms with Gasteiger partial charge in [0.15, 0.2) is 0 Å². The van der Waals surface area contributed by atoms with Crippen LogP contribution in [0.25, 0.3) is 0 Å². The average Bonchev–Trinajstić information content (AvgIpc) is 2.04. The molecule has 0 radical (unpaired) electrons. The van der Waals surface area contributed by atoms with Crippen LogP contribution in [0.2, 0.25) is 0 Å². The van der Waals surface area contributed by atoms with Gasteiger partial charge in [-0.2, -0.15) is 5.10 Å². The molecule has 1 rings (SSSR count). The van der Waals surface area contributed by atoms with Gasteiger partial charge in [-0.05, 0) is 31.4 Å². The van der Waals surface area contributed by atoms with E-state index in [2.05, 4.69) is 36.3 Å². The summed E-state index contributed by atoms with van der Waals surface area (Å²) < 4.78 is 0. The van der Waals surface area contributed by atoms with E-state index in [4.69, 9.17) is 0 Å². The monoisotopic (exact) mass is 179 g/mol. The molecule has 72 valence electrons. The van der Waals surface area contributed by atoms with Crippen LogP contribution in [0, 0.1) is 6.92 Å². The molecular formula is C10H17N3. The van der Waals surface area contributed by atoms with E-state index in [9.17, 15) is 0 Å². The van der Waals surface area contributed by atoms with Crippen LogP contribution >= 0.6 is 0 Å². The summed E-state index contributed by atoms with van der Waals surface area (Å²) in [6.45, 7) is 9.27. The van der Waals surface area contributed by atoms with Crippen molar-refractivity contribution in [3.8, 4) is 0 Å². The second-order valence-corrected chi connectivity index (χ2v) is 3.48. The van der Waals surface area contributed by atoms with Gasteiger partial charge in [0, 0.05) is 6.54 Å². The van der Waals surface area contributed by atoms with Crippen molar-refractivity contribution in [3.63, 3.8) is 0 Å². The van der Waals surface area contributed by atoms with Gasteiger partial charge in [0.05, 0.1) is 5.69 Å². The highest BCUT2D eigenvalue weighted by Gasteiger charge is 2.06. The van der Waals surface area contributed by atoms with Crippen molar-refractivity contribution in [2.75, 3.05) is 11.9 Å². The first kappa shape index (κ1) is 9.96. The predicted octanol–water partition coefficient (Wildman–Crippen LogP) is 2.34. The first-order valence-electron chi connectivity index (χ1n) is 4.73. The third kappa shape index (κ3) is 2.41. The van der Waals surface area contributed by atoms with Crippen LogP contribution in [-0.4, -0.2) is 16.7 Å². The Hall–Kier alpha value is -1.12. The fourth-order valence-electron chi connectivity index (χ4n) is 1.33. The SMILES string of the molecule is CCNc1cc(C)c(C(C)C)nn1. The minimum atomic E-state index is 0.447. The lowest BCUT2D eigenvalue weighted by atomic mass is 10.1. The third-order valence-electron chi connectivity index (χ3n) is 1.93. The van der Waals surface area contributed by atoms with Crippen LogP contribution in [0.3, 0.4) is 0 Å². The molecule has 0 aromatic carbocycles. The van der Waals surface area contributed by atoms with Crippen LogP contribution in [0.1, 0.15) is 37.9 Å². The number of nitrogens with one attached hydrogen (secondary N) is 1. The lowest BCUT2D eigenvalue weighted by Crippen LogP contribution is -2.05. The van der Waals surface area contributed by atoms with Crippen LogP contribution in [-0.2, 0) is 0 Å². The highest BCUT2D eigenvalue weighted by molar-refractivity contribution is 5.38. The maximum atomic E-state index is 4.18. The molecule has 3 nitrogen and oxygen atoms in total. The topological polar surface area (TPSA) is 37.8 Å². The summed E-state index contributed by atoms with van der Waals surface area (Å²) in [4.78, 5) is 0. The fourth-order valence-corrected chi connectivity index (χ4v) is 1.33. The smallest absolute Gasteiger partial charge is 0.148 e. The Morgan fingerprint density at radius 3 is 2.54 bits per heavy atom. The molecule has 3 heteroatoms. The molecule has 0 spiro atoms. The Labute approximate surface area is 79.6 Å². The number of aromatic nitrogens is 2. The van der Waals surface area contributed by atoms with E-state index in [1.165, 1.54) is 5.56 Å². The Bertz CT molecular complexity index is 281. The number of anilines is 1. The quantitative estimate of drug-likeness (QED) is 0.774. The Morgan fingerprint density at radius 2 is 2.08 bits per heavy atom. The molecular weight excluding hydrogens is 162 g/mol. The van der Waals surface area contributed by atoms with Gasteiger partial charge >= 0.3 is 0 Å². The van der Waals surface area contributed by atoms with Crippen LogP contribution < -0.4 is 5.32 Å². The molecule has 0 atom stereocenters. The summed E-state index contributed by atoms with van der Waals surface area (Å²) >= 11 is 0. The maximum absolute atomic E-state index is 4.18. The Morgan fingerprint density at radius 1 is 1.38 bits per heavy atom. The molecule has 1 heterocycles. The molecule has 0 aliphatic heterocycles. The van der Waals surface area contributed by atoms with E-state index < -0.39 is 0 Å². The number of rotatable bonds is 3. The zero-order valence-corrected chi connectivity index (χ0v) is 8.76. The van der Waals surface area contributed by atoms with Gasteiger partial charge in [0.25, 0.3) is 0 Å². The number of hydrogen-bond acceptors (Lipinski definition) is 3. The number of aryl methyl sites for hydroxylation is 1. The van der Waals surface area contributed by atoms with E-state index in [-0.39, 0.29) is 0 Å². The Kier molecular flexibility index (Phi) is 3.23. The maximum Gasteiger partial charge on any atom is 0.148 e. The van der Waals surface area contributed by atoms with Gasteiger partial charge in [-0.25, -0.2) is 0 Å². The molecule has 0 amide bonds. The first-order valence-corrected chi connectivity index (χ1v) is 4.73. The molecule has 0 fully saturated rings. The summed E-state index contributed by atoms with van der Waals surface area (Å²) in [5, 5.41) is 11.4. The zero-order valence-electron chi connectivity index (χ0n) is 8.76. The summed E-state index contributed by atoms with van der Waals surface area (Å²) in [5.74, 6) is 1.31. The second kappa shape index (κ2) is 4.21. The minimum absolute atomic E-state index is 0.447. The average molecular weight is 179 g/mol. The van der Waals surface area contributed by atoms with Crippen LogP contribution in [0.4, 0.5) is 5.82 Å². The summed E-state index contributed by atoms with van der Waals surface area (Å²) in [7, 11) is 0. The molecule has 1 N–H and O–H groups in total. The van der Waals surface area contributed by atoms with E-state index >= 15 is 0 Å². The normalized spacial score (nSPS) is 10.5. The van der Waals surface area contributed by atoms with Gasteiger partial charge < -0.3 is 5.32 Å². The zero-order chi connectivity index (χ0) is 9.84. The van der Waals surface area contributed by atoms with Crippen LogP contribution in [0.5, 0.6) is 0 Å². The van der Waals surface area contributed by atoms with Crippen molar-refractivity contribution in [1.29, 1.82) is 0 Å².